The Bertz CT molecular complexity index is 587. The van der Waals surface area contributed by atoms with Gasteiger partial charge in [-0.1, -0.05) is 13.0 Å². The topological polar surface area (TPSA) is 41.5 Å². The summed E-state index contributed by atoms with van der Waals surface area (Å²) in [5, 5.41) is 14.6. The number of phenolic OH excluding ortho intramolecular Hbond substituents is 1. The Hall–Kier alpha value is -1.10. The lowest BCUT2D eigenvalue weighted by atomic mass is 9.87. The maximum Gasteiger partial charge on any atom is 0.124 e. The van der Waals surface area contributed by atoms with Crippen molar-refractivity contribution in [1.82, 2.24) is 5.32 Å². The van der Waals surface area contributed by atoms with E-state index in [4.69, 9.17) is 4.74 Å². The van der Waals surface area contributed by atoms with E-state index in [-0.39, 0.29) is 5.54 Å². The molecule has 0 bridgehead atoms. The highest BCUT2D eigenvalue weighted by Crippen LogP contribution is 2.32. The third-order valence-corrected chi connectivity index (χ3v) is 5.45. The van der Waals surface area contributed by atoms with Gasteiger partial charge in [-0.25, -0.2) is 0 Å². The van der Waals surface area contributed by atoms with Gasteiger partial charge in [0.05, 0.1) is 0 Å². The van der Waals surface area contributed by atoms with E-state index in [1.807, 2.05) is 6.07 Å². The van der Waals surface area contributed by atoms with Crippen LogP contribution in [0.5, 0.6) is 5.75 Å². The fraction of sp³-hybridized carbons (Fsp3) is 0.500. The first kappa shape index (κ1) is 13.9. The molecule has 20 heavy (non-hydrogen) atoms. The number of rotatable bonds is 4. The molecule has 108 valence electrons. The molecule has 2 N–H and O–H groups in total. The van der Waals surface area contributed by atoms with Gasteiger partial charge in [-0.2, -0.15) is 0 Å². The molecule has 2 aromatic rings. The van der Waals surface area contributed by atoms with Crippen LogP contribution in [0.4, 0.5) is 0 Å². The van der Waals surface area contributed by atoms with Crippen molar-refractivity contribution >= 4 is 21.4 Å². The quantitative estimate of drug-likeness (QED) is 0.903. The zero-order valence-corrected chi connectivity index (χ0v) is 12.6. The van der Waals surface area contributed by atoms with Crippen LogP contribution in [0, 0.1) is 0 Å². The van der Waals surface area contributed by atoms with Gasteiger partial charge in [-0.15, -0.1) is 11.3 Å². The van der Waals surface area contributed by atoms with Crippen LogP contribution in [0.15, 0.2) is 24.3 Å². The van der Waals surface area contributed by atoms with Crippen LogP contribution in [0.3, 0.4) is 0 Å². The largest absolute Gasteiger partial charge is 0.507 e. The summed E-state index contributed by atoms with van der Waals surface area (Å²) >= 11 is 1.76. The van der Waals surface area contributed by atoms with Crippen LogP contribution in [0.1, 0.15) is 31.1 Å². The minimum Gasteiger partial charge on any atom is -0.507 e. The third kappa shape index (κ3) is 2.68. The van der Waals surface area contributed by atoms with Gasteiger partial charge in [0.2, 0.25) is 0 Å². The number of fused-ring (bicyclic) bond motifs is 1. The molecule has 1 aliphatic rings. The molecule has 0 radical (unpaired) electrons. The fourth-order valence-electron chi connectivity index (χ4n) is 2.88. The number of benzene rings is 1. The Morgan fingerprint density at radius 1 is 1.35 bits per heavy atom. The molecule has 0 spiro atoms. The van der Waals surface area contributed by atoms with Crippen molar-refractivity contribution in [2.75, 3.05) is 13.2 Å². The van der Waals surface area contributed by atoms with Crippen molar-refractivity contribution in [3.63, 3.8) is 0 Å². The zero-order valence-electron chi connectivity index (χ0n) is 11.8. The summed E-state index contributed by atoms with van der Waals surface area (Å²) < 4.78 is 6.62. The van der Waals surface area contributed by atoms with Crippen molar-refractivity contribution in [3.05, 3.63) is 29.1 Å². The molecular formula is C16H21NO2S. The van der Waals surface area contributed by atoms with Gasteiger partial charge in [0, 0.05) is 40.3 Å². The molecule has 1 aromatic heterocycles. The van der Waals surface area contributed by atoms with Crippen molar-refractivity contribution in [2.45, 2.75) is 38.3 Å². The standard InChI is InChI=1S/C16H21NO2S/c1-2-16(6-8-19-9-7-16)17-11-12-10-13-14(18)4-3-5-15(13)20-12/h3-5,10,17-18H,2,6-9,11H2,1H3. The molecule has 4 heteroatoms. The van der Waals surface area contributed by atoms with Crippen LogP contribution in [0.25, 0.3) is 10.1 Å². The lowest BCUT2D eigenvalue weighted by Crippen LogP contribution is -2.48. The summed E-state index contributed by atoms with van der Waals surface area (Å²) in [6, 6.07) is 7.81. The fourth-order valence-corrected chi connectivity index (χ4v) is 3.90. The van der Waals surface area contributed by atoms with Gasteiger partial charge in [0.1, 0.15) is 5.75 Å². The molecular weight excluding hydrogens is 270 g/mol. The number of aromatic hydroxyl groups is 1. The second-order valence-corrected chi connectivity index (χ2v) is 6.67. The van der Waals surface area contributed by atoms with Crippen molar-refractivity contribution < 1.29 is 9.84 Å². The van der Waals surface area contributed by atoms with Crippen LogP contribution < -0.4 is 5.32 Å². The minimum absolute atomic E-state index is 0.219. The SMILES string of the molecule is CCC1(NCc2cc3c(O)cccc3s2)CCOCC1. The van der Waals surface area contributed by atoms with E-state index in [9.17, 15) is 5.11 Å². The molecule has 1 fully saturated rings. The second kappa shape index (κ2) is 5.72. The Labute approximate surface area is 123 Å². The van der Waals surface area contributed by atoms with E-state index >= 15 is 0 Å². The van der Waals surface area contributed by atoms with Crippen LogP contribution in [-0.4, -0.2) is 23.9 Å². The molecule has 1 aromatic carbocycles. The van der Waals surface area contributed by atoms with Gasteiger partial charge >= 0.3 is 0 Å². The van der Waals surface area contributed by atoms with E-state index in [0.717, 1.165) is 49.1 Å². The Balaban J connectivity index is 1.74. The van der Waals surface area contributed by atoms with Crippen molar-refractivity contribution in [3.8, 4) is 5.75 Å². The molecule has 2 heterocycles. The molecule has 3 rings (SSSR count). The molecule has 0 saturated carbocycles. The lowest BCUT2D eigenvalue weighted by Gasteiger charge is -2.37. The maximum atomic E-state index is 9.87. The summed E-state index contributed by atoms with van der Waals surface area (Å²) in [7, 11) is 0. The first-order valence-corrected chi connectivity index (χ1v) is 8.07. The lowest BCUT2D eigenvalue weighted by molar-refractivity contribution is 0.0358. The summed E-state index contributed by atoms with van der Waals surface area (Å²) in [6.07, 6.45) is 3.30. The van der Waals surface area contributed by atoms with Crippen LogP contribution >= 0.6 is 11.3 Å². The smallest absolute Gasteiger partial charge is 0.124 e. The number of ether oxygens (including phenoxy) is 1. The second-order valence-electron chi connectivity index (χ2n) is 5.50. The van der Waals surface area contributed by atoms with Gasteiger partial charge in [-0.3, -0.25) is 0 Å². The zero-order chi connectivity index (χ0) is 14.0. The molecule has 3 nitrogen and oxygen atoms in total. The molecule has 0 atom stereocenters. The highest BCUT2D eigenvalue weighted by molar-refractivity contribution is 7.19. The van der Waals surface area contributed by atoms with Crippen molar-refractivity contribution in [2.24, 2.45) is 0 Å². The predicted molar refractivity (Wildman–Crippen MR) is 83.4 cm³/mol. The summed E-state index contributed by atoms with van der Waals surface area (Å²) in [5.74, 6) is 0.376. The Morgan fingerprint density at radius 2 is 2.15 bits per heavy atom. The van der Waals surface area contributed by atoms with E-state index < -0.39 is 0 Å². The summed E-state index contributed by atoms with van der Waals surface area (Å²) in [6.45, 7) is 4.82. The highest BCUT2D eigenvalue weighted by atomic mass is 32.1. The monoisotopic (exact) mass is 291 g/mol. The van der Waals surface area contributed by atoms with Gasteiger partial charge in [0.15, 0.2) is 0 Å². The number of hydrogen-bond acceptors (Lipinski definition) is 4. The molecule has 0 amide bonds. The third-order valence-electron chi connectivity index (χ3n) is 4.35. The predicted octanol–water partition coefficient (Wildman–Crippen LogP) is 3.66. The number of thiophene rings is 1. The Morgan fingerprint density at radius 3 is 2.85 bits per heavy atom. The highest BCUT2D eigenvalue weighted by Gasteiger charge is 2.30. The first-order chi connectivity index (χ1) is 9.72. The number of nitrogens with one attached hydrogen (secondary N) is 1. The molecule has 0 aliphatic carbocycles. The average molecular weight is 291 g/mol. The summed E-state index contributed by atoms with van der Waals surface area (Å²) in [5.41, 5.74) is 0.219. The molecule has 0 unspecified atom stereocenters. The number of hydrogen-bond donors (Lipinski definition) is 2. The van der Waals surface area contributed by atoms with E-state index in [0.29, 0.717) is 5.75 Å². The van der Waals surface area contributed by atoms with Crippen LogP contribution in [-0.2, 0) is 11.3 Å². The molecule has 1 aliphatic heterocycles. The normalized spacial score (nSPS) is 18.4. The van der Waals surface area contributed by atoms with E-state index in [2.05, 4.69) is 24.4 Å². The Kier molecular flexibility index (Phi) is 3.96. The van der Waals surface area contributed by atoms with Gasteiger partial charge in [-0.05, 0) is 37.5 Å². The van der Waals surface area contributed by atoms with Crippen LogP contribution in [0.2, 0.25) is 0 Å². The number of phenols is 1. The first-order valence-electron chi connectivity index (χ1n) is 7.26. The maximum absolute atomic E-state index is 9.87. The van der Waals surface area contributed by atoms with Crippen molar-refractivity contribution in [1.29, 1.82) is 0 Å². The summed E-state index contributed by atoms with van der Waals surface area (Å²) in [4.78, 5) is 1.28. The van der Waals surface area contributed by atoms with E-state index in [1.165, 1.54) is 4.88 Å². The minimum atomic E-state index is 0.219. The van der Waals surface area contributed by atoms with Gasteiger partial charge in [0.25, 0.3) is 0 Å². The van der Waals surface area contributed by atoms with Gasteiger partial charge < -0.3 is 15.2 Å². The van der Waals surface area contributed by atoms with E-state index in [1.54, 1.807) is 17.4 Å². The molecule has 1 saturated heterocycles. The average Bonchev–Trinajstić information content (AvgIpc) is 2.91.